The lowest BCUT2D eigenvalue weighted by molar-refractivity contribution is 0.191. The molecule has 4 nitrogen and oxygen atoms in total. The van der Waals surface area contributed by atoms with Gasteiger partial charge < -0.3 is 14.4 Å². The second kappa shape index (κ2) is 5.89. The van der Waals surface area contributed by atoms with Crippen LogP contribution < -0.4 is 4.74 Å². The van der Waals surface area contributed by atoms with Gasteiger partial charge in [0.1, 0.15) is 11.6 Å². The van der Waals surface area contributed by atoms with Gasteiger partial charge in [-0.25, -0.2) is 4.98 Å². The summed E-state index contributed by atoms with van der Waals surface area (Å²) in [6.45, 7) is 4.30. The third-order valence-corrected chi connectivity index (χ3v) is 3.12. The lowest BCUT2D eigenvalue weighted by Gasteiger charge is -2.14. The SMILES string of the molecule is Cc1ccc(OCCc2nccn2C)c([C@H](C)O)c1. The Bertz CT molecular complexity index is 547. The molecule has 0 unspecified atom stereocenters. The summed E-state index contributed by atoms with van der Waals surface area (Å²) in [5, 5.41) is 9.76. The van der Waals surface area contributed by atoms with Gasteiger partial charge in [-0.2, -0.15) is 0 Å². The van der Waals surface area contributed by atoms with Crippen LogP contribution in [0, 0.1) is 6.92 Å². The third kappa shape index (κ3) is 3.35. The molecular weight excluding hydrogens is 240 g/mol. The van der Waals surface area contributed by atoms with Crippen molar-refractivity contribution in [1.29, 1.82) is 0 Å². The molecule has 1 heterocycles. The van der Waals surface area contributed by atoms with Crippen LogP contribution in [0.15, 0.2) is 30.6 Å². The molecule has 102 valence electrons. The number of aliphatic hydroxyl groups excluding tert-OH is 1. The molecule has 1 N–H and O–H groups in total. The van der Waals surface area contributed by atoms with Gasteiger partial charge in [-0.1, -0.05) is 11.6 Å². The minimum absolute atomic E-state index is 0.525. The van der Waals surface area contributed by atoms with Gasteiger partial charge in [0.15, 0.2) is 0 Å². The summed E-state index contributed by atoms with van der Waals surface area (Å²) in [5.74, 6) is 1.74. The minimum Gasteiger partial charge on any atom is -0.493 e. The van der Waals surface area contributed by atoms with E-state index in [4.69, 9.17) is 4.74 Å². The molecule has 1 aromatic carbocycles. The Morgan fingerprint density at radius 1 is 1.42 bits per heavy atom. The van der Waals surface area contributed by atoms with Gasteiger partial charge in [-0.15, -0.1) is 0 Å². The molecule has 0 spiro atoms. The van der Waals surface area contributed by atoms with E-state index >= 15 is 0 Å². The Kier molecular flexibility index (Phi) is 4.22. The lowest BCUT2D eigenvalue weighted by Crippen LogP contribution is -2.08. The molecule has 0 saturated heterocycles. The van der Waals surface area contributed by atoms with Crippen LogP contribution in [-0.4, -0.2) is 21.3 Å². The average Bonchev–Trinajstić information content (AvgIpc) is 2.77. The molecule has 4 heteroatoms. The summed E-state index contributed by atoms with van der Waals surface area (Å²) in [7, 11) is 1.97. The van der Waals surface area contributed by atoms with Gasteiger partial charge in [-0.3, -0.25) is 0 Å². The molecule has 2 rings (SSSR count). The van der Waals surface area contributed by atoms with Crippen LogP contribution in [0.1, 0.15) is 30.0 Å². The van der Waals surface area contributed by atoms with Gasteiger partial charge in [0, 0.05) is 31.4 Å². The highest BCUT2D eigenvalue weighted by Crippen LogP contribution is 2.26. The monoisotopic (exact) mass is 260 g/mol. The molecule has 0 aliphatic heterocycles. The third-order valence-electron chi connectivity index (χ3n) is 3.12. The molecule has 0 radical (unpaired) electrons. The molecule has 0 fully saturated rings. The summed E-state index contributed by atoms with van der Waals surface area (Å²) in [6, 6.07) is 5.86. The quantitative estimate of drug-likeness (QED) is 0.898. The Balaban J connectivity index is 2.01. The number of imidazole rings is 1. The minimum atomic E-state index is -0.525. The molecule has 1 aromatic heterocycles. The Labute approximate surface area is 113 Å². The van der Waals surface area contributed by atoms with Crippen LogP contribution in [-0.2, 0) is 13.5 Å². The summed E-state index contributed by atoms with van der Waals surface area (Å²) in [4.78, 5) is 4.25. The lowest BCUT2D eigenvalue weighted by atomic mass is 10.1. The topological polar surface area (TPSA) is 47.3 Å². The molecule has 1 atom stereocenters. The first-order chi connectivity index (χ1) is 9.08. The van der Waals surface area contributed by atoms with Crippen molar-refractivity contribution in [2.75, 3.05) is 6.61 Å². The maximum Gasteiger partial charge on any atom is 0.125 e. The standard InChI is InChI=1S/C15H20N2O2/c1-11-4-5-14(13(10-11)12(2)18)19-9-6-15-16-7-8-17(15)3/h4-5,7-8,10,12,18H,6,9H2,1-3H3/t12-/m0/s1. The highest BCUT2D eigenvalue weighted by atomic mass is 16.5. The fourth-order valence-corrected chi connectivity index (χ4v) is 2.02. The fraction of sp³-hybridized carbons (Fsp3) is 0.400. The fourth-order valence-electron chi connectivity index (χ4n) is 2.02. The number of nitrogens with zero attached hydrogens (tertiary/aromatic N) is 2. The molecule has 2 aromatic rings. The zero-order chi connectivity index (χ0) is 13.8. The van der Waals surface area contributed by atoms with Crippen molar-refractivity contribution in [1.82, 2.24) is 9.55 Å². The first-order valence-electron chi connectivity index (χ1n) is 6.45. The van der Waals surface area contributed by atoms with E-state index in [9.17, 15) is 5.11 Å². The van der Waals surface area contributed by atoms with Crippen LogP contribution in [0.2, 0.25) is 0 Å². The van der Waals surface area contributed by atoms with Gasteiger partial charge in [0.05, 0.1) is 12.7 Å². The molecule has 0 saturated carbocycles. The number of hydrogen-bond donors (Lipinski definition) is 1. The largest absolute Gasteiger partial charge is 0.493 e. The van der Waals surface area contributed by atoms with Crippen LogP contribution in [0.5, 0.6) is 5.75 Å². The first kappa shape index (κ1) is 13.6. The maximum atomic E-state index is 9.76. The maximum absolute atomic E-state index is 9.76. The number of benzene rings is 1. The molecule has 19 heavy (non-hydrogen) atoms. The van der Waals surface area contributed by atoms with Gasteiger partial charge in [0.2, 0.25) is 0 Å². The van der Waals surface area contributed by atoms with Gasteiger partial charge >= 0.3 is 0 Å². The van der Waals surface area contributed by atoms with E-state index in [0.717, 1.165) is 29.1 Å². The van der Waals surface area contributed by atoms with Gasteiger partial charge in [0.25, 0.3) is 0 Å². The van der Waals surface area contributed by atoms with Crippen molar-refractivity contribution in [3.05, 3.63) is 47.5 Å². The van der Waals surface area contributed by atoms with Crippen molar-refractivity contribution in [3.8, 4) is 5.75 Å². The zero-order valence-corrected chi connectivity index (χ0v) is 11.6. The predicted molar refractivity (Wildman–Crippen MR) is 74.2 cm³/mol. The molecule has 0 aliphatic carbocycles. The molecule has 0 bridgehead atoms. The van der Waals surface area contributed by atoms with Crippen molar-refractivity contribution in [2.45, 2.75) is 26.4 Å². The number of ether oxygens (including phenoxy) is 1. The second-order valence-corrected chi connectivity index (χ2v) is 4.77. The van der Waals surface area contributed by atoms with E-state index < -0.39 is 6.10 Å². The first-order valence-corrected chi connectivity index (χ1v) is 6.45. The molecule has 0 aliphatic rings. The van der Waals surface area contributed by atoms with E-state index in [2.05, 4.69) is 4.98 Å². The normalized spacial score (nSPS) is 12.4. The second-order valence-electron chi connectivity index (χ2n) is 4.77. The Morgan fingerprint density at radius 2 is 2.21 bits per heavy atom. The van der Waals surface area contributed by atoms with E-state index in [0.29, 0.717) is 6.61 Å². The van der Waals surface area contributed by atoms with Crippen molar-refractivity contribution in [3.63, 3.8) is 0 Å². The van der Waals surface area contributed by atoms with E-state index in [1.54, 1.807) is 13.1 Å². The summed E-state index contributed by atoms with van der Waals surface area (Å²) >= 11 is 0. The average molecular weight is 260 g/mol. The number of aromatic nitrogens is 2. The highest BCUT2D eigenvalue weighted by molar-refractivity contribution is 5.38. The van der Waals surface area contributed by atoms with E-state index in [1.165, 1.54) is 0 Å². The number of aliphatic hydroxyl groups is 1. The van der Waals surface area contributed by atoms with Crippen molar-refractivity contribution < 1.29 is 9.84 Å². The number of aryl methyl sites for hydroxylation is 2. The number of hydrogen-bond acceptors (Lipinski definition) is 3. The molecule has 0 amide bonds. The van der Waals surface area contributed by atoms with Gasteiger partial charge in [-0.05, 0) is 26.0 Å². The van der Waals surface area contributed by atoms with Crippen molar-refractivity contribution >= 4 is 0 Å². The van der Waals surface area contributed by atoms with Crippen LogP contribution in [0.4, 0.5) is 0 Å². The van der Waals surface area contributed by atoms with Crippen LogP contribution in [0.3, 0.4) is 0 Å². The van der Waals surface area contributed by atoms with Crippen LogP contribution >= 0.6 is 0 Å². The smallest absolute Gasteiger partial charge is 0.125 e. The summed E-state index contributed by atoms with van der Waals surface area (Å²) in [6.07, 6.45) is 3.92. The Hall–Kier alpha value is -1.81. The predicted octanol–water partition coefficient (Wildman–Crippen LogP) is 2.40. The number of rotatable bonds is 5. The van der Waals surface area contributed by atoms with E-state index in [-0.39, 0.29) is 0 Å². The summed E-state index contributed by atoms with van der Waals surface area (Å²) in [5.41, 5.74) is 1.95. The summed E-state index contributed by atoms with van der Waals surface area (Å²) < 4.78 is 7.75. The molecular formula is C15H20N2O2. The van der Waals surface area contributed by atoms with Crippen molar-refractivity contribution in [2.24, 2.45) is 7.05 Å². The van der Waals surface area contributed by atoms with E-state index in [1.807, 2.05) is 42.9 Å². The Morgan fingerprint density at radius 3 is 2.84 bits per heavy atom. The zero-order valence-electron chi connectivity index (χ0n) is 11.6. The highest BCUT2D eigenvalue weighted by Gasteiger charge is 2.09. The van der Waals surface area contributed by atoms with Crippen LogP contribution in [0.25, 0.3) is 0 Å².